The van der Waals surface area contributed by atoms with E-state index >= 15 is 0 Å². The first kappa shape index (κ1) is 4.31. The van der Waals surface area contributed by atoms with Crippen molar-refractivity contribution < 1.29 is 0 Å². The second-order valence-electron chi connectivity index (χ2n) is 1.15. The number of rotatable bonds is 0. The Bertz CT molecular complexity index is 140. The fraction of sp³-hybridized carbons (Fsp3) is 0. The zero-order valence-electron chi connectivity index (χ0n) is 3.70. The molecule has 0 unspecified atom stereocenters. The Balaban J connectivity index is 3.02. The van der Waals surface area contributed by atoms with Crippen molar-refractivity contribution in [2.75, 3.05) is 0 Å². The second kappa shape index (κ2) is 1.73. The Hall–Kier alpha value is -0.855. The maximum absolute atomic E-state index is 5.18. The van der Waals surface area contributed by atoms with Crippen LogP contribution >= 0.6 is 0 Å². The van der Waals surface area contributed by atoms with Gasteiger partial charge >= 0.3 is 0 Å². The summed E-state index contributed by atoms with van der Waals surface area (Å²) in [7, 11) is 5.18. The molecule has 0 aliphatic rings. The maximum Gasteiger partial charge on any atom is 0.144 e. The van der Waals surface area contributed by atoms with Gasteiger partial charge in [-0.2, -0.15) is 10.2 Å². The van der Waals surface area contributed by atoms with Gasteiger partial charge in [0.15, 0.2) is 0 Å². The van der Waals surface area contributed by atoms with Gasteiger partial charge in [-0.25, -0.2) is 0 Å². The van der Waals surface area contributed by atoms with Crippen LogP contribution in [0.15, 0.2) is 18.3 Å². The van der Waals surface area contributed by atoms with Gasteiger partial charge in [0, 0.05) is 11.8 Å². The maximum atomic E-state index is 5.18. The Morgan fingerprint density at radius 1 is 1.57 bits per heavy atom. The van der Waals surface area contributed by atoms with Gasteiger partial charge in [0.05, 0.1) is 0 Å². The van der Waals surface area contributed by atoms with E-state index in [1.54, 1.807) is 18.3 Å². The Morgan fingerprint density at radius 3 is 2.71 bits per heavy atom. The molecule has 2 nitrogen and oxygen atoms in total. The zero-order valence-corrected chi connectivity index (χ0v) is 3.70. The minimum atomic E-state index is 0.461. The van der Waals surface area contributed by atoms with E-state index in [1.165, 1.54) is 0 Å². The van der Waals surface area contributed by atoms with Crippen molar-refractivity contribution in [1.29, 1.82) is 0 Å². The van der Waals surface area contributed by atoms with Crippen LogP contribution in [0.25, 0.3) is 0 Å². The van der Waals surface area contributed by atoms with Crippen LogP contribution in [0.4, 0.5) is 0 Å². The Morgan fingerprint density at radius 2 is 2.43 bits per heavy atom. The predicted molar refractivity (Wildman–Crippen MR) is 27.4 cm³/mol. The Labute approximate surface area is 43.0 Å². The molecule has 0 aliphatic carbocycles. The highest BCUT2D eigenvalue weighted by Crippen LogP contribution is 1.65. The minimum absolute atomic E-state index is 0.461. The monoisotopic (exact) mass is 90.0 g/mol. The lowest BCUT2D eigenvalue weighted by molar-refractivity contribution is 1.06. The number of aromatic nitrogens is 2. The van der Waals surface area contributed by atoms with Gasteiger partial charge in [0.2, 0.25) is 0 Å². The van der Waals surface area contributed by atoms with Gasteiger partial charge in [0.1, 0.15) is 7.85 Å². The molecule has 0 amide bonds. The highest BCUT2D eigenvalue weighted by molar-refractivity contribution is 6.30. The van der Waals surface area contributed by atoms with Crippen molar-refractivity contribution in [3.8, 4) is 0 Å². The molecule has 7 heavy (non-hydrogen) atoms. The molecule has 1 rings (SSSR count). The van der Waals surface area contributed by atoms with Gasteiger partial charge < -0.3 is 0 Å². The van der Waals surface area contributed by atoms with E-state index in [0.717, 1.165) is 0 Å². The second-order valence-corrected chi connectivity index (χ2v) is 1.15. The normalized spacial score (nSPS) is 8.57. The molecule has 0 bridgehead atoms. The minimum Gasteiger partial charge on any atom is -0.168 e. The third-order valence-electron chi connectivity index (χ3n) is 0.593. The number of nitrogens with zero attached hydrogens (tertiary/aromatic N) is 2. The van der Waals surface area contributed by atoms with Crippen molar-refractivity contribution in [2.24, 2.45) is 0 Å². The summed E-state index contributed by atoms with van der Waals surface area (Å²) in [4.78, 5) is 0. The Kier molecular flexibility index (Phi) is 1.07. The smallest absolute Gasteiger partial charge is 0.144 e. The van der Waals surface area contributed by atoms with Crippen LogP contribution in [0.2, 0.25) is 0 Å². The summed E-state index contributed by atoms with van der Waals surface area (Å²) in [6.45, 7) is 0. The molecule has 1 heterocycles. The van der Waals surface area contributed by atoms with Gasteiger partial charge in [0.25, 0.3) is 0 Å². The first-order valence-corrected chi connectivity index (χ1v) is 1.93. The lowest BCUT2D eigenvalue weighted by Crippen LogP contribution is -2.07. The van der Waals surface area contributed by atoms with E-state index in [2.05, 4.69) is 10.2 Å². The molecule has 0 fully saturated rings. The highest BCUT2D eigenvalue weighted by atomic mass is 15.1. The average Bonchev–Trinajstić information content (AvgIpc) is 1.69. The third kappa shape index (κ3) is 0.997. The molecule has 3 heteroatoms. The topological polar surface area (TPSA) is 25.8 Å². The summed E-state index contributed by atoms with van der Waals surface area (Å²) in [5.74, 6) is 0. The van der Waals surface area contributed by atoms with Crippen molar-refractivity contribution in [1.82, 2.24) is 10.2 Å². The molecule has 0 aromatic carbocycles. The molecule has 1 aromatic rings. The van der Waals surface area contributed by atoms with Crippen molar-refractivity contribution in [2.45, 2.75) is 0 Å². The van der Waals surface area contributed by atoms with Gasteiger partial charge in [-0.3, -0.25) is 0 Å². The average molecular weight is 89.9 g/mol. The quantitative estimate of drug-likeness (QED) is 0.392. The van der Waals surface area contributed by atoms with Crippen LogP contribution < -0.4 is 5.59 Å². The molecule has 32 valence electrons. The van der Waals surface area contributed by atoms with E-state index < -0.39 is 0 Å². The van der Waals surface area contributed by atoms with E-state index in [1.807, 2.05) is 0 Å². The summed E-state index contributed by atoms with van der Waals surface area (Å²) in [6, 6.07) is 3.43. The lowest BCUT2D eigenvalue weighted by atomic mass is 10.1. The summed E-state index contributed by atoms with van der Waals surface area (Å²) in [5, 5.41) is 7.02. The van der Waals surface area contributed by atoms with E-state index in [-0.39, 0.29) is 0 Å². The first-order valence-electron chi connectivity index (χ1n) is 1.93. The number of hydrogen-bond acceptors (Lipinski definition) is 2. The van der Waals surface area contributed by atoms with Crippen LogP contribution in [0.5, 0.6) is 0 Å². The predicted octanol–water partition coefficient (Wildman–Crippen LogP) is -0.730. The van der Waals surface area contributed by atoms with Crippen molar-refractivity contribution >= 4 is 13.4 Å². The molecule has 2 radical (unpaired) electrons. The van der Waals surface area contributed by atoms with Crippen molar-refractivity contribution in [3.05, 3.63) is 18.3 Å². The van der Waals surface area contributed by atoms with E-state index in [4.69, 9.17) is 7.85 Å². The van der Waals surface area contributed by atoms with Crippen LogP contribution in [0.1, 0.15) is 0 Å². The molecule has 0 spiro atoms. The fourth-order valence-electron chi connectivity index (χ4n) is 0.313. The molecule has 0 N–H and O–H groups in total. The van der Waals surface area contributed by atoms with Crippen molar-refractivity contribution in [3.63, 3.8) is 0 Å². The highest BCUT2D eigenvalue weighted by Gasteiger charge is 1.74. The molecule has 0 saturated heterocycles. The van der Waals surface area contributed by atoms with Crippen LogP contribution in [0.3, 0.4) is 0 Å². The summed E-state index contributed by atoms with van der Waals surface area (Å²) >= 11 is 0. The summed E-state index contributed by atoms with van der Waals surface area (Å²) in [6.07, 6.45) is 1.58. The van der Waals surface area contributed by atoms with Crippen LogP contribution in [0, 0.1) is 0 Å². The largest absolute Gasteiger partial charge is 0.168 e. The summed E-state index contributed by atoms with van der Waals surface area (Å²) < 4.78 is 0. The number of hydrogen-bond donors (Lipinski definition) is 0. The molecule has 1 aromatic heterocycles. The fourth-order valence-corrected chi connectivity index (χ4v) is 0.313. The molecule has 0 saturated carbocycles. The van der Waals surface area contributed by atoms with Gasteiger partial charge in [-0.05, 0) is 12.1 Å². The molecular formula is C4H3BN2. The zero-order chi connectivity index (χ0) is 5.11. The third-order valence-corrected chi connectivity index (χ3v) is 0.593. The van der Waals surface area contributed by atoms with E-state index in [9.17, 15) is 0 Å². The standard InChI is InChI=1S/C4H3BN2/c5-4-2-1-3-6-7-4/h1-3H. The SMILES string of the molecule is [B]c1cccnn1. The first-order chi connectivity index (χ1) is 3.39. The summed E-state index contributed by atoms with van der Waals surface area (Å²) in [5.41, 5.74) is 0.461. The molecule has 0 atom stereocenters. The molecular weight excluding hydrogens is 86.9 g/mol. The lowest BCUT2D eigenvalue weighted by Gasteiger charge is -1.81. The van der Waals surface area contributed by atoms with Crippen LogP contribution in [-0.4, -0.2) is 18.0 Å². The van der Waals surface area contributed by atoms with Gasteiger partial charge in [-0.1, -0.05) is 0 Å². The van der Waals surface area contributed by atoms with E-state index in [0.29, 0.717) is 5.59 Å². The van der Waals surface area contributed by atoms with Gasteiger partial charge in [-0.15, -0.1) is 0 Å². The molecule has 0 aliphatic heterocycles. The van der Waals surface area contributed by atoms with Crippen LogP contribution in [-0.2, 0) is 0 Å².